The molecule has 0 spiro atoms. The number of carbonyl (C=O) groups excluding carboxylic acids is 1. The fourth-order valence-electron chi connectivity index (χ4n) is 6.06. The zero-order valence-corrected chi connectivity index (χ0v) is 25.3. The quantitative estimate of drug-likeness (QED) is 0.215. The number of aromatic nitrogens is 5. The highest BCUT2D eigenvalue weighted by Gasteiger charge is 2.31. The Morgan fingerprint density at radius 3 is 2.78 bits per heavy atom. The number of fused-ring (bicyclic) bond motifs is 3. The molecule has 2 aromatic carbocycles. The van der Waals surface area contributed by atoms with Gasteiger partial charge >= 0.3 is 0 Å². The molecule has 1 aliphatic rings. The molecule has 7 rings (SSSR count). The largest absolute Gasteiger partial charge is 0.490 e. The van der Waals surface area contributed by atoms with Gasteiger partial charge in [-0.1, -0.05) is 12.6 Å². The second-order valence-electron chi connectivity index (χ2n) is 10.8. The van der Waals surface area contributed by atoms with Crippen LogP contribution < -0.4 is 4.74 Å². The van der Waals surface area contributed by atoms with Gasteiger partial charge < -0.3 is 14.7 Å². The highest BCUT2D eigenvalue weighted by atomic mass is 32.1. The molecule has 0 aliphatic carbocycles. The number of nitrogens with zero attached hydrogens (tertiary/aromatic N) is 6. The van der Waals surface area contributed by atoms with E-state index in [4.69, 9.17) is 14.8 Å². The minimum Gasteiger partial charge on any atom is -0.490 e. The van der Waals surface area contributed by atoms with E-state index >= 15 is 4.39 Å². The van der Waals surface area contributed by atoms with Crippen molar-refractivity contribution in [1.82, 2.24) is 29.4 Å². The number of hydrogen-bond acceptors (Lipinski definition) is 7. The molecule has 9 nitrogen and oxygen atoms in total. The number of benzene rings is 2. The molecule has 0 radical (unpaired) electrons. The second-order valence-corrected chi connectivity index (χ2v) is 11.8. The molecule has 1 unspecified atom stereocenters. The van der Waals surface area contributed by atoms with Crippen molar-refractivity contribution in [1.29, 1.82) is 0 Å². The summed E-state index contributed by atoms with van der Waals surface area (Å²) in [6.07, 6.45) is 3.23. The standard InChI is InChI=1S/C33H28F2N6O3S/c1-4-28(43)40-8-9-41-26(18(40)2)16-25(38-41)32-30(29-23(35)14-21(34)15-27(29)44-11-10-42)33-22(7-12-45-33)31(36-32)19-5-6-24-20(13-19)17-39(3)37-24/h4-7,12-18,42H,1,8-11H2,2-3H3. The van der Waals surface area contributed by atoms with Crippen LogP contribution in [0.4, 0.5) is 8.78 Å². The highest BCUT2D eigenvalue weighted by molar-refractivity contribution is 7.18. The van der Waals surface area contributed by atoms with Crippen molar-refractivity contribution in [3.63, 3.8) is 0 Å². The van der Waals surface area contributed by atoms with Crippen LogP contribution in [0.2, 0.25) is 0 Å². The zero-order chi connectivity index (χ0) is 31.4. The summed E-state index contributed by atoms with van der Waals surface area (Å²) in [5.74, 6) is -1.86. The molecule has 6 aromatic rings. The number of ether oxygens (including phenoxy) is 1. The summed E-state index contributed by atoms with van der Waals surface area (Å²) >= 11 is 1.40. The lowest BCUT2D eigenvalue weighted by Gasteiger charge is -2.33. The van der Waals surface area contributed by atoms with Gasteiger partial charge in [0.05, 0.1) is 41.7 Å². The molecule has 5 heterocycles. The Labute approximate surface area is 260 Å². The topological polar surface area (TPSA) is 98.3 Å². The summed E-state index contributed by atoms with van der Waals surface area (Å²) in [5.41, 5.74) is 4.40. The van der Waals surface area contributed by atoms with Crippen LogP contribution in [-0.4, -0.2) is 60.2 Å². The lowest BCUT2D eigenvalue weighted by molar-refractivity contribution is -0.129. The van der Waals surface area contributed by atoms with Crippen molar-refractivity contribution < 1.29 is 23.4 Å². The van der Waals surface area contributed by atoms with E-state index in [0.29, 0.717) is 40.4 Å². The first-order valence-electron chi connectivity index (χ1n) is 14.4. The van der Waals surface area contributed by atoms with E-state index in [1.165, 1.54) is 17.4 Å². The molecule has 4 aromatic heterocycles. The van der Waals surface area contributed by atoms with Crippen molar-refractivity contribution in [2.24, 2.45) is 7.05 Å². The molecule has 0 fully saturated rings. The highest BCUT2D eigenvalue weighted by Crippen LogP contribution is 2.47. The van der Waals surface area contributed by atoms with Gasteiger partial charge in [-0.25, -0.2) is 13.8 Å². The second kappa shape index (κ2) is 11.2. The summed E-state index contributed by atoms with van der Waals surface area (Å²) in [7, 11) is 1.86. The van der Waals surface area contributed by atoms with Crippen LogP contribution in [0.1, 0.15) is 18.7 Å². The molecule has 1 aliphatic heterocycles. The molecule has 1 amide bonds. The Balaban J connectivity index is 1.52. The van der Waals surface area contributed by atoms with Crippen LogP contribution in [0, 0.1) is 11.6 Å². The van der Waals surface area contributed by atoms with Crippen molar-refractivity contribution in [3.05, 3.63) is 84.0 Å². The summed E-state index contributed by atoms with van der Waals surface area (Å²) in [6.45, 7) is 5.97. The molecule has 0 bridgehead atoms. The van der Waals surface area contributed by atoms with Crippen molar-refractivity contribution in [3.8, 4) is 39.5 Å². The maximum absolute atomic E-state index is 15.9. The average molecular weight is 627 g/mol. The van der Waals surface area contributed by atoms with Gasteiger partial charge in [-0.2, -0.15) is 10.2 Å². The number of pyridine rings is 1. The third-order valence-electron chi connectivity index (χ3n) is 8.08. The fourth-order valence-corrected chi connectivity index (χ4v) is 7.01. The van der Waals surface area contributed by atoms with E-state index in [9.17, 15) is 14.3 Å². The first-order chi connectivity index (χ1) is 21.8. The first-order valence-corrected chi connectivity index (χ1v) is 15.2. The van der Waals surface area contributed by atoms with Crippen molar-refractivity contribution in [2.75, 3.05) is 19.8 Å². The van der Waals surface area contributed by atoms with Crippen LogP contribution >= 0.6 is 11.3 Å². The van der Waals surface area contributed by atoms with Crippen LogP contribution in [0.25, 0.3) is 54.8 Å². The Hall–Kier alpha value is -4.94. The van der Waals surface area contributed by atoms with Gasteiger partial charge in [0.15, 0.2) is 0 Å². The minimum atomic E-state index is -0.828. The van der Waals surface area contributed by atoms with Crippen molar-refractivity contribution >= 4 is 38.2 Å². The third-order valence-corrected chi connectivity index (χ3v) is 9.01. The van der Waals surface area contributed by atoms with Gasteiger partial charge in [0.2, 0.25) is 5.91 Å². The predicted molar refractivity (Wildman–Crippen MR) is 169 cm³/mol. The number of thiophene rings is 1. The van der Waals surface area contributed by atoms with E-state index in [1.807, 2.05) is 60.6 Å². The number of hydrogen-bond donors (Lipinski definition) is 1. The van der Waals surface area contributed by atoms with Crippen LogP contribution in [-0.2, 0) is 18.4 Å². The third kappa shape index (κ3) is 4.86. The van der Waals surface area contributed by atoms with Gasteiger partial charge in [0, 0.05) is 58.5 Å². The van der Waals surface area contributed by atoms with Crippen LogP contribution in [0.15, 0.2) is 66.7 Å². The molecular weight excluding hydrogens is 598 g/mol. The normalized spacial score (nSPS) is 14.7. The SMILES string of the molecule is C=CC(=O)N1CCn2nc(-c3nc(-c4ccc5nn(C)cc5c4)c4ccsc4c3-c3c(F)cc(F)cc3OCCO)cc2C1C. The Bertz CT molecular complexity index is 2130. The van der Waals surface area contributed by atoms with Crippen LogP contribution in [0.5, 0.6) is 5.75 Å². The molecule has 12 heteroatoms. The molecule has 45 heavy (non-hydrogen) atoms. The van der Waals surface area contributed by atoms with Crippen molar-refractivity contribution in [2.45, 2.75) is 19.5 Å². The van der Waals surface area contributed by atoms with Gasteiger partial charge in [-0.3, -0.25) is 14.2 Å². The van der Waals surface area contributed by atoms with Gasteiger partial charge in [0.1, 0.15) is 35.4 Å². The fraction of sp³-hybridized carbons (Fsp3) is 0.212. The van der Waals surface area contributed by atoms with E-state index in [-0.39, 0.29) is 36.5 Å². The number of aryl methyl sites for hydroxylation is 1. The van der Waals surface area contributed by atoms with E-state index in [1.54, 1.807) is 9.58 Å². The molecule has 0 saturated heterocycles. The maximum atomic E-state index is 15.9. The predicted octanol–water partition coefficient (Wildman–Crippen LogP) is 6.12. The summed E-state index contributed by atoms with van der Waals surface area (Å²) in [4.78, 5) is 19.5. The lowest BCUT2D eigenvalue weighted by Crippen LogP contribution is -2.40. The number of halogens is 2. The number of carbonyl (C=O) groups is 1. The number of rotatable bonds is 7. The zero-order valence-electron chi connectivity index (χ0n) is 24.5. The number of amides is 1. The first kappa shape index (κ1) is 28.8. The van der Waals surface area contributed by atoms with Gasteiger partial charge in [-0.15, -0.1) is 11.3 Å². The smallest absolute Gasteiger partial charge is 0.246 e. The van der Waals surface area contributed by atoms with Gasteiger partial charge in [0.25, 0.3) is 0 Å². The minimum absolute atomic E-state index is 0.0246. The van der Waals surface area contributed by atoms with E-state index in [2.05, 4.69) is 11.7 Å². The number of aliphatic hydroxyl groups is 1. The molecule has 228 valence electrons. The van der Waals surface area contributed by atoms with E-state index in [0.717, 1.165) is 39.7 Å². The maximum Gasteiger partial charge on any atom is 0.246 e. The average Bonchev–Trinajstić information content (AvgIpc) is 3.77. The summed E-state index contributed by atoms with van der Waals surface area (Å²) in [6, 6.07) is 11.3. The summed E-state index contributed by atoms with van der Waals surface area (Å²) < 4.78 is 40.4. The monoisotopic (exact) mass is 626 g/mol. The van der Waals surface area contributed by atoms with E-state index < -0.39 is 11.6 Å². The Kier molecular flexibility index (Phi) is 7.17. The molecule has 1 atom stereocenters. The lowest BCUT2D eigenvalue weighted by atomic mass is 9.96. The Morgan fingerprint density at radius 1 is 1.13 bits per heavy atom. The summed E-state index contributed by atoms with van der Waals surface area (Å²) in [5, 5.41) is 22.5. The van der Waals surface area contributed by atoms with Gasteiger partial charge in [-0.05, 0) is 42.6 Å². The molecular formula is C33H28F2N6O3S. The van der Waals surface area contributed by atoms with Crippen LogP contribution in [0.3, 0.4) is 0 Å². The number of aliphatic hydroxyl groups excluding tert-OH is 1. The molecule has 0 saturated carbocycles. The Morgan fingerprint density at radius 2 is 1.98 bits per heavy atom. The molecule has 1 N–H and O–H groups in total.